The predicted octanol–water partition coefficient (Wildman–Crippen LogP) is 9.74. The van der Waals surface area contributed by atoms with Crippen molar-refractivity contribution in [2.45, 2.75) is 83.5 Å². The Hall–Kier alpha value is -2.85. The summed E-state index contributed by atoms with van der Waals surface area (Å²) in [5.74, 6) is 8.09. The number of benzene rings is 3. The monoisotopic (exact) mass is 466 g/mol. The fourth-order valence-corrected chi connectivity index (χ4v) is 5.49. The van der Waals surface area contributed by atoms with Gasteiger partial charge in [-0.05, 0) is 91.1 Å². The van der Waals surface area contributed by atoms with Gasteiger partial charge in [-0.1, -0.05) is 87.3 Å². The van der Waals surface area contributed by atoms with Gasteiger partial charge >= 0.3 is 0 Å². The van der Waals surface area contributed by atoms with E-state index in [1.165, 1.54) is 63.4 Å². The Bertz CT molecular complexity index is 1170. The van der Waals surface area contributed by atoms with E-state index >= 15 is 0 Å². The minimum absolute atomic E-state index is 0.120. The second-order valence-electron chi connectivity index (χ2n) is 10.2. The Morgan fingerprint density at radius 2 is 1.63 bits per heavy atom. The SMILES string of the molecule is C=CCCc1ccc2cc(C#Cc3ccc(C4CCC(CCCCCC)CC4)cc3)ccc2c1F. The average Bonchev–Trinajstić information content (AvgIpc) is 2.90. The van der Waals surface area contributed by atoms with Crippen LogP contribution < -0.4 is 0 Å². The maximum Gasteiger partial charge on any atom is 0.134 e. The Morgan fingerprint density at radius 1 is 0.886 bits per heavy atom. The minimum atomic E-state index is -0.120. The number of fused-ring (bicyclic) bond motifs is 1. The van der Waals surface area contributed by atoms with Gasteiger partial charge in [-0.2, -0.15) is 0 Å². The van der Waals surface area contributed by atoms with Gasteiger partial charge in [0.15, 0.2) is 0 Å². The lowest BCUT2D eigenvalue weighted by Crippen LogP contribution is -2.13. The molecule has 0 heterocycles. The molecule has 0 unspecified atom stereocenters. The highest BCUT2D eigenvalue weighted by atomic mass is 19.1. The number of aryl methyl sites for hydroxylation is 1. The molecule has 1 aliphatic rings. The van der Waals surface area contributed by atoms with E-state index < -0.39 is 0 Å². The van der Waals surface area contributed by atoms with E-state index in [2.05, 4.69) is 49.6 Å². The van der Waals surface area contributed by atoms with E-state index in [1.807, 2.05) is 36.4 Å². The number of hydrogen-bond donors (Lipinski definition) is 0. The van der Waals surface area contributed by atoms with E-state index in [0.717, 1.165) is 34.4 Å². The number of rotatable bonds is 9. The van der Waals surface area contributed by atoms with Gasteiger partial charge in [0.05, 0.1) is 0 Å². The molecule has 0 N–H and O–H groups in total. The highest BCUT2D eigenvalue weighted by molar-refractivity contribution is 5.85. The molecular weight excluding hydrogens is 427 g/mol. The van der Waals surface area contributed by atoms with Gasteiger partial charge in [0.1, 0.15) is 5.82 Å². The van der Waals surface area contributed by atoms with Crippen molar-refractivity contribution in [1.29, 1.82) is 0 Å². The molecule has 1 saturated carbocycles. The van der Waals surface area contributed by atoms with E-state index in [0.29, 0.717) is 17.7 Å². The first-order valence-electron chi connectivity index (χ1n) is 13.6. The van der Waals surface area contributed by atoms with Gasteiger partial charge in [0.25, 0.3) is 0 Å². The quantitative estimate of drug-likeness (QED) is 0.167. The molecule has 182 valence electrons. The third-order valence-corrected chi connectivity index (χ3v) is 7.70. The molecule has 3 aromatic carbocycles. The lowest BCUT2D eigenvalue weighted by Gasteiger charge is -2.29. The topological polar surface area (TPSA) is 0 Å². The first kappa shape index (κ1) is 25.2. The maximum absolute atomic E-state index is 14.8. The Labute approximate surface area is 211 Å². The molecule has 0 bridgehead atoms. The van der Waals surface area contributed by atoms with Crippen molar-refractivity contribution in [3.8, 4) is 11.8 Å². The number of unbranched alkanes of at least 4 members (excludes halogenated alkanes) is 3. The van der Waals surface area contributed by atoms with Crippen LogP contribution in [0.5, 0.6) is 0 Å². The van der Waals surface area contributed by atoms with Crippen molar-refractivity contribution in [2.75, 3.05) is 0 Å². The molecule has 4 rings (SSSR count). The molecule has 35 heavy (non-hydrogen) atoms. The van der Waals surface area contributed by atoms with E-state index in [-0.39, 0.29) is 5.82 Å². The lowest BCUT2D eigenvalue weighted by molar-refractivity contribution is 0.302. The third kappa shape index (κ3) is 6.85. The van der Waals surface area contributed by atoms with E-state index in [1.54, 1.807) is 0 Å². The molecule has 0 radical (unpaired) electrons. The summed E-state index contributed by atoms with van der Waals surface area (Å²) in [6.45, 7) is 6.02. The van der Waals surface area contributed by atoms with Crippen LogP contribution in [0.2, 0.25) is 0 Å². The molecule has 0 spiro atoms. The summed E-state index contributed by atoms with van der Waals surface area (Å²) in [6, 6.07) is 18.5. The predicted molar refractivity (Wildman–Crippen MR) is 148 cm³/mol. The summed E-state index contributed by atoms with van der Waals surface area (Å²) in [4.78, 5) is 0. The van der Waals surface area contributed by atoms with Crippen LogP contribution in [0.15, 0.2) is 67.3 Å². The molecular formula is C34H39F. The Balaban J connectivity index is 1.35. The summed E-state index contributed by atoms with van der Waals surface area (Å²) in [5, 5.41) is 1.56. The molecule has 0 nitrogen and oxygen atoms in total. The molecule has 1 aliphatic carbocycles. The number of allylic oxidation sites excluding steroid dienone is 1. The summed E-state index contributed by atoms with van der Waals surface area (Å²) in [5.41, 5.74) is 4.16. The van der Waals surface area contributed by atoms with Crippen LogP contribution in [0, 0.1) is 23.6 Å². The standard InChI is InChI=1S/C34H39F/c1-3-5-7-8-9-26-13-18-29(19-14-26)30-20-15-27(16-21-30)11-12-28-17-24-33-32(25-28)23-22-31(34(33)35)10-6-4-2/h4,15-17,20-26,29H,2-3,5-10,13-14,18-19H2,1H3. The first-order chi connectivity index (χ1) is 17.2. The molecule has 3 aromatic rings. The number of hydrogen-bond acceptors (Lipinski definition) is 0. The molecule has 1 heteroatoms. The van der Waals surface area contributed by atoms with Crippen LogP contribution >= 0.6 is 0 Å². The van der Waals surface area contributed by atoms with Crippen LogP contribution in [-0.2, 0) is 6.42 Å². The maximum atomic E-state index is 14.8. The fraction of sp³-hybridized carbons (Fsp3) is 0.412. The van der Waals surface area contributed by atoms with Gasteiger partial charge < -0.3 is 0 Å². The van der Waals surface area contributed by atoms with Crippen LogP contribution in [-0.4, -0.2) is 0 Å². The zero-order valence-corrected chi connectivity index (χ0v) is 21.3. The minimum Gasteiger partial charge on any atom is -0.206 e. The summed E-state index contributed by atoms with van der Waals surface area (Å²) < 4.78 is 14.8. The van der Waals surface area contributed by atoms with Gasteiger partial charge in [-0.15, -0.1) is 6.58 Å². The molecule has 0 amide bonds. The highest BCUT2D eigenvalue weighted by Crippen LogP contribution is 2.37. The van der Waals surface area contributed by atoms with Crippen molar-refractivity contribution in [2.24, 2.45) is 5.92 Å². The summed E-state index contributed by atoms with van der Waals surface area (Å²) in [6.07, 6.45) is 15.7. The van der Waals surface area contributed by atoms with E-state index in [9.17, 15) is 4.39 Å². The first-order valence-corrected chi connectivity index (χ1v) is 13.6. The van der Waals surface area contributed by atoms with Crippen molar-refractivity contribution >= 4 is 10.8 Å². The highest BCUT2D eigenvalue weighted by Gasteiger charge is 2.21. The average molecular weight is 467 g/mol. The van der Waals surface area contributed by atoms with Crippen LogP contribution in [0.4, 0.5) is 4.39 Å². The van der Waals surface area contributed by atoms with Gasteiger partial charge in [-0.25, -0.2) is 4.39 Å². The van der Waals surface area contributed by atoms with Crippen LogP contribution in [0.25, 0.3) is 10.8 Å². The van der Waals surface area contributed by atoms with Crippen molar-refractivity contribution in [3.63, 3.8) is 0 Å². The normalized spacial score (nSPS) is 17.7. The Morgan fingerprint density at radius 3 is 2.37 bits per heavy atom. The zero-order chi connectivity index (χ0) is 24.5. The Kier molecular flexibility index (Phi) is 9.19. The second-order valence-corrected chi connectivity index (χ2v) is 10.2. The lowest BCUT2D eigenvalue weighted by atomic mass is 9.77. The van der Waals surface area contributed by atoms with Crippen molar-refractivity contribution in [3.05, 3.63) is 95.3 Å². The van der Waals surface area contributed by atoms with Crippen molar-refractivity contribution < 1.29 is 4.39 Å². The largest absolute Gasteiger partial charge is 0.206 e. The number of halogens is 1. The molecule has 0 atom stereocenters. The third-order valence-electron chi connectivity index (χ3n) is 7.70. The summed E-state index contributed by atoms with van der Waals surface area (Å²) >= 11 is 0. The molecule has 0 aromatic heterocycles. The summed E-state index contributed by atoms with van der Waals surface area (Å²) in [7, 11) is 0. The van der Waals surface area contributed by atoms with Crippen LogP contribution in [0.3, 0.4) is 0 Å². The molecule has 0 saturated heterocycles. The van der Waals surface area contributed by atoms with Gasteiger partial charge in [0, 0.05) is 16.5 Å². The zero-order valence-electron chi connectivity index (χ0n) is 21.3. The van der Waals surface area contributed by atoms with E-state index in [4.69, 9.17) is 0 Å². The van der Waals surface area contributed by atoms with Gasteiger partial charge in [0.2, 0.25) is 0 Å². The molecule has 1 fully saturated rings. The second kappa shape index (κ2) is 12.7. The van der Waals surface area contributed by atoms with Crippen LogP contribution in [0.1, 0.15) is 99.3 Å². The fourth-order valence-electron chi connectivity index (χ4n) is 5.49. The van der Waals surface area contributed by atoms with Crippen molar-refractivity contribution in [1.82, 2.24) is 0 Å². The molecule has 0 aliphatic heterocycles. The van der Waals surface area contributed by atoms with Gasteiger partial charge in [-0.3, -0.25) is 0 Å². The smallest absolute Gasteiger partial charge is 0.134 e.